The van der Waals surface area contributed by atoms with Crippen LogP contribution < -0.4 is 10.2 Å². The highest BCUT2D eigenvalue weighted by molar-refractivity contribution is 5.89. The Morgan fingerprint density at radius 1 is 1.53 bits per heavy atom. The molecule has 6 nitrogen and oxygen atoms in total. The van der Waals surface area contributed by atoms with Gasteiger partial charge in [-0.15, -0.1) is 0 Å². The molecule has 19 heavy (non-hydrogen) atoms. The maximum absolute atomic E-state index is 12.0. The number of hydrogen-bond donors (Lipinski definition) is 2. The van der Waals surface area contributed by atoms with Gasteiger partial charge in [-0.05, 0) is 25.0 Å². The topological polar surface area (TPSA) is 68.7 Å². The third kappa shape index (κ3) is 3.57. The highest BCUT2D eigenvalue weighted by atomic mass is 16.3. The van der Waals surface area contributed by atoms with E-state index in [-0.39, 0.29) is 6.03 Å². The Hall–Kier alpha value is -1.82. The maximum atomic E-state index is 12.0. The minimum atomic E-state index is -0.409. The summed E-state index contributed by atoms with van der Waals surface area (Å²) in [5.74, 6) is 0.839. The molecule has 104 valence electrons. The summed E-state index contributed by atoms with van der Waals surface area (Å²) in [4.78, 5) is 19.8. The molecule has 2 rings (SSSR count). The molecule has 0 aliphatic carbocycles. The normalized spacial score (nSPS) is 19.1. The SMILES string of the molecule is CN(C)c1ccc(NC(=O)N2CCC[C@H](O)C2)cn1. The summed E-state index contributed by atoms with van der Waals surface area (Å²) in [5.41, 5.74) is 0.663. The molecular weight excluding hydrogens is 244 g/mol. The number of likely N-dealkylation sites (tertiary alicyclic amines) is 1. The predicted octanol–water partition coefficient (Wildman–Crippen LogP) is 1.14. The van der Waals surface area contributed by atoms with E-state index in [1.54, 1.807) is 11.1 Å². The van der Waals surface area contributed by atoms with E-state index >= 15 is 0 Å². The van der Waals surface area contributed by atoms with Gasteiger partial charge in [-0.2, -0.15) is 0 Å². The number of aliphatic hydroxyl groups excluding tert-OH is 1. The number of rotatable bonds is 2. The average Bonchev–Trinajstić information content (AvgIpc) is 2.39. The van der Waals surface area contributed by atoms with Crippen molar-refractivity contribution in [1.29, 1.82) is 0 Å². The number of carbonyl (C=O) groups is 1. The molecule has 1 aromatic rings. The Bertz CT molecular complexity index is 433. The summed E-state index contributed by atoms with van der Waals surface area (Å²) in [6.45, 7) is 1.08. The molecule has 1 aliphatic heterocycles. The molecule has 0 saturated carbocycles. The summed E-state index contributed by atoms with van der Waals surface area (Å²) < 4.78 is 0. The fourth-order valence-corrected chi connectivity index (χ4v) is 2.07. The van der Waals surface area contributed by atoms with E-state index < -0.39 is 6.10 Å². The fraction of sp³-hybridized carbons (Fsp3) is 0.538. The van der Waals surface area contributed by atoms with Crippen molar-refractivity contribution in [2.24, 2.45) is 0 Å². The van der Waals surface area contributed by atoms with Gasteiger partial charge in [0, 0.05) is 27.2 Å². The Morgan fingerprint density at radius 3 is 2.89 bits per heavy atom. The standard InChI is InChI=1S/C13H20N4O2/c1-16(2)12-6-5-10(8-14-12)15-13(19)17-7-3-4-11(18)9-17/h5-6,8,11,18H,3-4,7,9H2,1-2H3,(H,15,19)/t11-/m0/s1. The first kappa shape index (κ1) is 13.6. The van der Waals surface area contributed by atoms with Crippen LogP contribution in [0, 0.1) is 0 Å². The molecule has 2 amide bonds. The molecule has 6 heteroatoms. The second-order valence-electron chi connectivity index (χ2n) is 4.97. The van der Waals surface area contributed by atoms with E-state index in [1.165, 1.54) is 0 Å². The van der Waals surface area contributed by atoms with Gasteiger partial charge in [0.25, 0.3) is 0 Å². The first-order chi connectivity index (χ1) is 9.06. The number of aromatic nitrogens is 1. The van der Waals surface area contributed by atoms with Crippen LogP contribution >= 0.6 is 0 Å². The molecule has 2 heterocycles. The monoisotopic (exact) mass is 264 g/mol. The maximum Gasteiger partial charge on any atom is 0.321 e. The number of carbonyl (C=O) groups excluding carboxylic acids is 1. The zero-order valence-corrected chi connectivity index (χ0v) is 11.3. The Balaban J connectivity index is 1.94. The van der Waals surface area contributed by atoms with Gasteiger partial charge in [-0.25, -0.2) is 9.78 Å². The van der Waals surface area contributed by atoms with Crippen molar-refractivity contribution < 1.29 is 9.90 Å². The molecule has 0 spiro atoms. The number of β-amino-alcohol motifs (C(OH)–C–C–N with tert-alkyl or cyclic N) is 1. The van der Waals surface area contributed by atoms with Crippen molar-refractivity contribution >= 4 is 17.5 Å². The van der Waals surface area contributed by atoms with Crippen LogP contribution in [0.5, 0.6) is 0 Å². The lowest BCUT2D eigenvalue weighted by Gasteiger charge is -2.30. The summed E-state index contributed by atoms with van der Waals surface area (Å²) in [7, 11) is 3.82. The summed E-state index contributed by atoms with van der Waals surface area (Å²) in [5, 5.41) is 12.3. The highest BCUT2D eigenvalue weighted by Gasteiger charge is 2.21. The van der Waals surface area contributed by atoms with E-state index in [4.69, 9.17) is 0 Å². The predicted molar refractivity (Wildman–Crippen MR) is 74.4 cm³/mol. The summed E-state index contributed by atoms with van der Waals surface area (Å²) in [6, 6.07) is 3.49. The van der Waals surface area contributed by atoms with Crippen molar-refractivity contribution in [3.63, 3.8) is 0 Å². The first-order valence-corrected chi connectivity index (χ1v) is 6.43. The number of amides is 2. The van der Waals surface area contributed by atoms with E-state index in [2.05, 4.69) is 10.3 Å². The second-order valence-corrected chi connectivity index (χ2v) is 4.97. The lowest BCUT2D eigenvalue weighted by atomic mass is 10.1. The van der Waals surface area contributed by atoms with Gasteiger partial charge in [0.2, 0.25) is 0 Å². The number of urea groups is 1. The second kappa shape index (κ2) is 5.88. The van der Waals surface area contributed by atoms with Gasteiger partial charge in [-0.3, -0.25) is 0 Å². The largest absolute Gasteiger partial charge is 0.391 e. The van der Waals surface area contributed by atoms with E-state index in [9.17, 15) is 9.90 Å². The van der Waals surface area contributed by atoms with Crippen LogP contribution in [0.15, 0.2) is 18.3 Å². The molecular formula is C13H20N4O2. The van der Waals surface area contributed by atoms with Gasteiger partial charge in [0.05, 0.1) is 18.0 Å². The Kier molecular flexibility index (Phi) is 4.21. The minimum absolute atomic E-state index is 0.182. The number of pyridine rings is 1. The zero-order chi connectivity index (χ0) is 13.8. The van der Waals surface area contributed by atoms with Crippen LogP contribution in [0.3, 0.4) is 0 Å². The number of piperidine rings is 1. The Labute approximate surface area is 113 Å². The molecule has 0 aromatic carbocycles. The van der Waals surface area contributed by atoms with Gasteiger partial charge in [-0.1, -0.05) is 0 Å². The number of aliphatic hydroxyl groups is 1. The van der Waals surface area contributed by atoms with Crippen molar-refractivity contribution in [1.82, 2.24) is 9.88 Å². The molecule has 0 radical (unpaired) electrons. The van der Waals surface area contributed by atoms with Gasteiger partial charge in [0.15, 0.2) is 0 Å². The number of nitrogens with zero attached hydrogens (tertiary/aromatic N) is 3. The van der Waals surface area contributed by atoms with Crippen LogP contribution in [0.1, 0.15) is 12.8 Å². The fourth-order valence-electron chi connectivity index (χ4n) is 2.07. The first-order valence-electron chi connectivity index (χ1n) is 6.43. The number of nitrogens with one attached hydrogen (secondary N) is 1. The molecule has 1 saturated heterocycles. The highest BCUT2D eigenvalue weighted by Crippen LogP contribution is 2.14. The molecule has 1 aliphatic rings. The molecule has 2 N–H and O–H groups in total. The van der Waals surface area contributed by atoms with Crippen LogP contribution in [0.25, 0.3) is 0 Å². The third-order valence-electron chi connectivity index (χ3n) is 3.14. The molecule has 1 atom stereocenters. The van der Waals surface area contributed by atoms with Crippen LogP contribution in [0.2, 0.25) is 0 Å². The lowest BCUT2D eigenvalue weighted by Crippen LogP contribution is -2.44. The van der Waals surface area contributed by atoms with Crippen molar-refractivity contribution in [2.75, 3.05) is 37.4 Å². The van der Waals surface area contributed by atoms with Crippen molar-refractivity contribution in [3.05, 3.63) is 18.3 Å². The third-order valence-corrected chi connectivity index (χ3v) is 3.14. The van der Waals surface area contributed by atoms with Crippen LogP contribution in [-0.4, -0.2) is 54.3 Å². The zero-order valence-electron chi connectivity index (χ0n) is 11.3. The van der Waals surface area contributed by atoms with Crippen molar-refractivity contribution in [2.45, 2.75) is 18.9 Å². The number of anilines is 2. The van der Waals surface area contributed by atoms with Gasteiger partial charge >= 0.3 is 6.03 Å². The van der Waals surface area contributed by atoms with Crippen molar-refractivity contribution in [3.8, 4) is 0 Å². The molecule has 1 fully saturated rings. The summed E-state index contributed by atoms with van der Waals surface area (Å²) >= 11 is 0. The molecule has 0 bridgehead atoms. The van der Waals surface area contributed by atoms with Gasteiger partial charge in [0.1, 0.15) is 5.82 Å². The Morgan fingerprint density at radius 2 is 2.32 bits per heavy atom. The smallest absolute Gasteiger partial charge is 0.321 e. The summed E-state index contributed by atoms with van der Waals surface area (Å²) in [6.07, 6.45) is 2.83. The van der Waals surface area contributed by atoms with Crippen LogP contribution in [0.4, 0.5) is 16.3 Å². The van der Waals surface area contributed by atoms with Gasteiger partial charge < -0.3 is 20.2 Å². The molecule has 0 unspecified atom stereocenters. The lowest BCUT2D eigenvalue weighted by molar-refractivity contribution is 0.0883. The average molecular weight is 264 g/mol. The molecule has 1 aromatic heterocycles. The van der Waals surface area contributed by atoms with Crippen LogP contribution in [-0.2, 0) is 0 Å². The van der Waals surface area contributed by atoms with E-state index in [1.807, 2.05) is 31.1 Å². The quantitative estimate of drug-likeness (QED) is 0.840. The van der Waals surface area contributed by atoms with E-state index in [0.717, 1.165) is 18.7 Å². The minimum Gasteiger partial charge on any atom is -0.391 e. The number of hydrogen-bond acceptors (Lipinski definition) is 4. The van der Waals surface area contributed by atoms with E-state index in [0.29, 0.717) is 18.8 Å².